The Balaban J connectivity index is 1.94. The number of nitrogens with one attached hydrogen (secondary N) is 1. The van der Waals surface area contributed by atoms with Crippen LogP contribution in [-0.4, -0.2) is 23.6 Å². The number of anilines is 1. The summed E-state index contributed by atoms with van der Waals surface area (Å²) in [6.07, 6.45) is 1.77. The second-order valence-corrected chi connectivity index (χ2v) is 4.49. The molecule has 1 N–H and O–H groups in total. The summed E-state index contributed by atoms with van der Waals surface area (Å²) in [7, 11) is 1.48. The Bertz CT molecular complexity index is 602. The summed E-state index contributed by atoms with van der Waals surface area (Å²) in [6.45, 7) is 0.607. The highest BCUT2D eigenvalue weighted by molar-refractivity contribution is 5.56. The summed E-state index contributed by atoms with van der Waals surface area (Å²) >= 11 is 0. The molecule has 0 aliphatic heterocycles. The third kappa shape index (κ3) is 4.17. The van der Waals surface area contributed by atoms with E-state index >= 15 is 0 Å². The van der Waals surface area contributed by atoms with E-state index in [1.165, 1.54) is 24.8 Å². The van der Waals surface area contributed by atoms with Crippen molar-refractivity contribution in [2.24, 2.45) is 0 Å². The van der Waals surface area contributed by atoms with Crippen molar-refractivity contribution in [2.75, 3.05) is 19.0 Å². The van der Waals surface area contributed by atoms with Crippen LogP contribution in [0.15, 0.2) is 42.5 Å². The first kappa shape index (κ1) is 14.8. The third-order valence-electron chi connectivity index (χ3n) is 3.03. The van der Waals surface area contributed by atoms with Crippen LogP contribution in [0.2, 0.25) is 0 Å². The summed E-state index contributed by atoms with van der Waals surface area (Å²) in [5.74, 6) is 0.596. The molecule has 2 aromatic rings. The highest BCUT2D eigenvalue weighted by Crippen LogP contribution is 2.24. The quantitative estimate of drug-likeness (QED) is 0.481. The van der Waals surface area contributed by atoms with E-state index in [1.54, 1.807) is 0 Å². The molecule has 1 heterocycles. The van der Waals surface area contributed by atoms with Crippen molar-refractivity contribution in [1.29, 1.82) is 0 Å². The van der Waals surface area contributed by atoms with Gasteiger partial charge >= 0.3 is 5.69 Å². The maximum absolute atomic E-state index is 11.0. The highest BCUT2D eigenvalue weighted by Gasteiger charge is 2.15. The lowest BCUT2D eigenvalue weighted by Crippen LogP contribution is -2.07. The van der Waals surface area contributed by atoms with E-state index in [9.17, 15) is 10.1 Å². The number of nitro groups is 1. The molecular weight excluding hydrogens is 270 g/mol. The summed E-state index contributed by atoms with van der Waals surface area (Å²) in [4.78, 5) is 14.6. The first-order valence-corrected chi connectivity index (χ1v) is 6.68. The van der Waals surface area contributed by atoms with Crippen molar-refractivity contribution < 1.29 is 9.66 Å². The normalized spacial score (nSPS) is 10.1. The molecule has 0 aliphatic rings. The van der Waals surface area contributed by atoms with Crippen molar-refractivity contribution in [2.45, 2.75) is 12.8 Å². The molecule has 0 saturated heterocycles. The van der Waals surface area contributed by atoms with Crippen LogP contribution >= 0.6 is 0 Å². The van der Waals surface area contributed by atoms with Gasteiger partial charge in [-0.25, -0.2) is 0 Å². The van der Waals surface area contributed by atoms with Gasteiger partial charge in [0.25, 0.3) is 0 Å². The third-order valence-corrected chi connectivity index (χ3v) is 3.03. The first-order valence-electron chi connectivity index (χ1n) is 6.68. The molecule has 0 saturated carbocycles. The molecule has 0 spiro atoms. The summed E-state index contributed by atoms with van der Waals surface area (Å²) in [6, 6.07) is 13.0. The van der Waals surface area contributed by atoms with Gasteiger partial charge < -0.3 is 10.1 Å². The average Bonchev–Trinajstić information content (AvgIpc) is 2.52. The maximum Gasteiger partial charge on any atom is 0.311 e. The largest absolute Gasteiger partial charge is 0.481 e. The van der Waals surface area contributed by atoms with Gasteiger partial charge in [0.2, 0.25) is 11.7 Å². The fraction of sp³-hybridized carbons (Fsp3) is 0.267. The van der Waals surface area contributed by atoms with Gasteiger partial charge in [-0.15, -0.1) is 0 Å². The molecule has 0 aliphatic carbocycles. The predicted molar refractivity (Wildman–Crippen MR) is 80.7 cm³/mol. The van der Waals surface area contributed by atoms with Crippen LogP contribution in [0.25, 0.3) is 0 Å². The van der Waals surface area contributed by atoms with Gasteiger partial charge in [-0.1, -0.05) is 30.3 Å². The zero-order valence-electron chi connectivity index (χ0n) is 11.8. The van der Waals surface area contributed by atoms with E-state index in [1.807, 2.05) is 18.2 Å². The average molecular weight is 287 g/mol. The molecule has 110 valence electrons. The molecule has 0 radical (unpaired) electrons. The number of hydrogen-bond donors (Lipinski definition) is 1. The van der Waals surface area contributed by atoms with E-state index in [0.717, 1.165) is 12.8 Å². The van der Waals surface area contributed by atoms with Gasteiger partial charge in [-0.2, -0.15) is 4.98 Å². The SMILES string of the molecule is COc1ccc([N+](=O)[O-])c(NCCCc2ccccc2)n1. The van der Waals surface area contributed by atoms with E-state index in [4.69, 9.17) is 4.74 Å². The zero-order valence-corrected chi connectivity index (χ0v) is 11.8. The number of pyridine rings is 1. The van der Waals surface area contributed by atoms with E-state index < -0.39 is 4.92 Å². The molecule has 0 amide bonds. The van der Waals surface area contributed by atoms with Gasteiger partial charge in [-0.3, -0.25) is 10.1 Å². The van der Waals surface area contributed by atoms with Crippen molar-refractivity contribution in [3.63, 3.8) is 0 Å². The zero-order chi connectivity index (χ0) is 15.1. The lowest BCUT2D eigenvalue weighted by molar-refractivity contribution is -0.384. The summed E-state index contributed by atoms with van der Waals surface area (Å²) in [5.41, 5.74) is 1.20. The van der Waals surface area contributed by atoms with Gasteiger partial charge in [0.15, 0.2) is 0 Å². The minimum Gasteiger partial charge on any atom is -0.481 e. The Morgan fingerprint density at radius 1 is 1.24 bits per heavy atom. The maximum atomic E-state index is 11.0. The Morgan fingerprint density at radius 2 is 2.00 bits per heavy atom. The molecule has 21 heavy (non-hydrogen) atoms. The molecule has 0 unspecified atom stereocenters. The number of aromatic nitrogens is 1. The van der Waals surface area contributed by atoms with E-state index in [2.05, 4.69) is 22.4 Å². The van der Waals surface area contributed by atoms with Crippen LogP contribution in [0, 0.1) is 10.1 Å². The number of rotatable bonds is 7. The highest BCUT2D eigenvalue weighted by atomic mass is 16.6. The molecule has 6 heteroatoms. The number of aryl methyl sites for hydroxylation is 1. The Morgan fingerprint density at radius 3 is 2.67 bits per heavy atom. The number of ether oxygens (including phenoxy) is 1. The molecular formula is C15H17N3O3. The van der Waals surface area contributed by atoms with Crippen molar-refractivity contribution in [1.82, 2.24) is 4.98 Å². The van der Waals surface area contributed by atoms with Crippen LogP contribution in [0.4, 0.5) is 11.5 Å². The number of nitrogens with zero attached hydrogens (tertiary/aromatic N) is 2. The van der Waals surface area contributed by atoms with E-state index in [0.29, 0.717) is 12.4 Å². The van der Waals surface area contributed by atoms with Crippen molar-refractivity contribution in [3.05, 3.63) is 58.1 Å². The topological polar surface area (TPSA) is 77.3 Å². The van der Waals surface area contributed by atoms with Crippen LogP contribution in [0.1, 0.15) is 12.0 Å². The second-order valence-electron chi connectivity index (χ2n) is 4.49. The van der Waals surface area contributed by atoms with Gasteiger partial charge in [0.05, 0.1) is 12.0 Å². The number of methoxy groups -OCH3 is 1. The standard InChI is InChI=1S/C15H17N3O3/c1-21-14-10-9-13(18(19)20)15(17-14)16-11-5-8-12-6-3-2-4-7-12/h2-4,6-7,9-10H,5,8,11H2,1H3,(H,16,17). The van der Waals surface area contributed by atoms with Gasteiger partial charge in [-0.05, 0) is 18.4 Å². The smallest absolute Gasteiger partial charge is 0.311 e. The van der Waals surface area contributed by atoms with Crippen LogP contribution in [0.5, 0.6) is 5.88 Å². The molecule has 6 nitrogen and oxygen atoms in total. The van der Waals surface area contributed by atoms with E-state index in [-0.39, 0.29) is 11.5 Å². The van der Waals surface area contributed by atoms with Gasteiger partial charge in [0, 0.05) is 18.7 Å². The summed E-state index contributed by atoms with van der Waals surface area (Å²) in [5, 5.41) is 14.0. The molecule has 0 atom stereocenters. The number of hydrogen-bond acceptors (Lipinski definition) is 5. The molecule has 2 rings (SSSR count). The predicted octanol–water partition coefficient (Wildman–Crippen LogP) is 3.04. The Kier molecular flexibility index (Phi) is 5.09. The van der Waals surface area contributed by atoms with Crippen molar-refractivity contribution >= 4 is 11.5 Å². The first-order chi connectivity index (χ1) is 10.2. The van der Waals surface area contributed by atoms with Crippen LogP contribution in [0.3, 0.4) is 0 Å². The fourth-order valence-corrected chi connectivity index (χ4v) is 1.97. The second kappa shape index (κ2) is 7.23. The lowest BCUT2D eigenvalue weighted by atomic mass is 10.1. The Labute approximate surface area is 122 Å². The monoisotopic (exact) mass is 287 g/mol. The molecule has 0 fully saturated rings. The number of benzene rings is 1. The van der Waals surface area contributed by atoms with Crippen LogP contribution < -0.4 is 10.1 Å². The minimum atomic E-state index is -0.452. The molecule has 1 aromatic heterocycles. The van der Waals surface area contributed by atoms with Crippen molar-refractivity contribution in [3.8, 4) is 5.88 Å². The summed E-state index contributed by atoms with van der Waals surface area (Å²) < 4.78 is 4.99. The lowest BCUT2D eigenvalue weighted by Gasteiger charge is -2.07. The molecule has 0 bridgehead atoms. The minimum absolute atomic E-state index is 0.0458. The molecule has 1 aromatic carbocycles. The fourth-order valence-electron chi connectivity index (χ4n) is 1.97. The Hall–Kier alpha value is -2.63. The van der Waals surface area contributed by atoms with Gasteiger partial charge in [0.1, 0.15) is 0 Å². The van der Waals surface area contributed by atoms with Crippen LogP contribution in [-0.2, 0) is 6.42 Å².